The Bertz CT molecular complexity index is 904. The van der Waals surface area contributed by atoms with E-state index in [9.17, 15) is 12.8 Å². The van der Waals surface area contributed by atoms with Gasteiger partial charge in [-0.05, 0) is 48.9 Å². The van der Waals surface area contributed by atoms with E-state index in [-0.39, 0.29) is 10.5 Å². The third-order valence-corrected chi connectivity index (χ3v) is 8.33. The maximum Gasteiger partial charge on any atom is 0.243 e. The van der Waals surface area contributed by atoms with Crippen molar-refractivity contribution in [1.82, 2.24) is 9.21 Å². The van der Waals surface area contributed by atoms with E-state index in [2.05, 4.69) is 22.4 Å². The van der Waals surface area contributed by atoms with Gasteiger partial charge in [-0.3, -0.25) is 4.90 Å². The molecule has 2 aliphatic heterocycles. The van der Waals surface area contributed by atoms with Gasteiger partial charge in [0.15, 0.2) is 0 Å². The van der Waals surface area contributed by atoms with Crippen LogP contribution in [0, 0.1) is 5.82 Å². The Morgan fingerprint density at radius 2 is 2.04 bits per heavy atom. The molecule has 2 aromatic rings. The zero-order valence-corrected chi connectivity index (χ0v) is 17.4. The number of sulfonamides is 1. The molecule has 2 fully saturated rings. The Balaban J connectivity index is 1.45. The zero-order chi connectivity index (χ0) is 19.6. The van der Waals surface area contributed by atoms with Crippen LogP contribution in [0.3, 0.4) is 0 Å². The highest BCUT2D eigenvalue weighted by molar-refractivity contribution is 7.89. The Morgan fingerprint density at radius 1 is 1.14 bits per heavy atom. The molecule has 0 N–H and O–H groups in total. The third kappa shape index (κ3) is 4.31. The molecule has 2 saturated heterocycles. The average Bonchev–Trinajstić information content (AvgIpc) is 3.09. The van der Waals surface area contributed by atoms with Crippen molar-refractivity contribution in [3.8, 4) is 0 Å². The summed E-state index contributed by atoms with van der Waals surface area (Å²) in [6.45, 7) is 4.13. The van der Waals surface area contributed by atoms with Crippen LogP contribution < -0.4 is 0 Å². The van der Waals surface area contributed by atoms with Crippen LogP contribution in [0.1, 0.15) is 24.1 Å². The number of rotatable bonds is 4. The second-order valence-electron chi connectivity index (χ2n) is 7.54. The molecule has 0 radical (unpaired) electrons. The van der Waals surface area contributed by atoms with Crippen molar-refractivity contribution < 1.29 is 17.5 Å². The summed E-state index contributed by atoms with van der Waals surface area (Å²) in [5, 5.41) is 2.09. The molecule has 3 heterocycles. The van der Waals surface area contributed by atoms with Gasteiger partial charge in [-0.1, -0.05) is 12.1 Å². The van der Waals surface area contributed by atoms with E-state index in [1.807, 2.05) is 0 Å². The summed E-state index contributed by atoms with van der Waals surface area (Å²) in [5.41, 5.74) is -0.304. The first-order valence-corrected chi connectivity index (χ1v) is 11.9. The van der Waals surface area contributed by atoms with Crippen LogP contribution >= 0.6 is 11.3 Å². The Labute approximate surface area is 169 Å². The maximum atomic E-state index is 13.5. The van der Waals surface area contributed by atoms with Crippen molar-refractivity contribution in [2.24, 2.45) is 0 Å². The lowest BCUT2D eigenvalue weighted by molar-refractivity contribution is -0.117. The average molecular weight is 425 g/mol. The van der Waals surface area contributed by atoms with Gasteiger partial charge in [-0.25, -0.2) is 12.8 Å². The molecule has 1 aromatic heterocycles. The molecule has 1 unspecified atom stereocenters. The number of hydrogen-bond acceptors (Lipinski definition) is 5. The van der Waals surface area contributed by atoms with E-state index < -0.39 is 15.8 Å². The minimum absolute atomic E-state index is 0.0207. The van der Waals surface area contributed by atoms with Crippen molar-refractivity contribution in [1.29, 1.82) is 0 Å². The fourth-order valence-electron chi connectivity index (χ4n) is 4.14. The summed E-state index contributed by atoms with van der Waals surface area (Å²) < 4.78 is 47.1. The minimum Gasteiger partial charge on any atom is -0.372 e. The first-order valence-electron chi connectivity index (χ1n) is 9.61. The molecule has 1 spiro atoms. The summed E-state index contributed by atoms with van der Waals surface area (Å²) in [6.07, 6.45) is 2.23. The highest BCUT2D eigenvalue weighted by Gasteiger charge is 2.40. The number of halogens is 1. The predicted molar refractivity (Wildman–Crippen MR) is 107 cm³/mol. The number of morpholine rings is 1. The van der Waals surface area contributed by atoms with Gasteiger partial charge in [-0.2, -0.15) is 4.31 Å². The van der Waals surface area contributed by atoms with Crippen LogP contribution in [0.2, 0.25) is 0 Å². The van der Waals surface area contributed by atoms with Crippen molar-refractivity contribution in [3.63, 3.8) is 0 Å². The summed E-state index contributed by atoms with van der Waals surface area (Å²) in [5.74, 6) is -0.535. The smallest absolute Gasteiger partial charge is 0.243 e. The Morgan fingerprint density at radius 3 is 2.82 bits per heavy atom. The van der Waals surface area contributed by atoms with Gasteiger partial charge in [-0.15, -0.1) is 11.3 Å². The molecule has 0 saturated carbocycles. The normalized spacial score (nSPS) is 25.0. The van der Waals surface area contributed by atoms with Crippen LogP contribution in [0.15, 0.2) is 46.7 Å². The summed E-state index contributed by atoms with van der Waals surface area (Å²) in [7, 11) is -3.69. The molecular formula is C20H25FN2O3S2. The van der Waals surface area contributed by atoms with Gasteiger partial charge in [0.2, 0.25) is 10.0 Å². The van der Waals surface area contributed by atoms with Gasteiger partial charge >= 0.3 is 0 Å². The van der Waals surface area contributed by atoms with Gasteiger partial charge in [0, 0.05) is 37.6 Å². The fraction of sp³-hybridized carbons (Fsp3) is 0.500. The Hall–Kier alpha value is -1.32. The number of thiophene rings is 1. The molecule has 2 aliphatic rings. The largest absolute Gasteiger partial charge is 0.372 e. The van der Waals surface area contributed by atoms with E-state index in [0.717, 1.165) is 38.5 Å². The number of ether oxygens (including phenoxy) is 1. The Kier molecular flexibility index (Phi) is 5.85. The second-order valence-corrected chi connectivity index (χ2v) is 10.5. The number of benzene rings is 1. The van der Waals surface area contributed by atoms with E-state index in [0.29, 0.717) is 26.1 Å². The molecule has 0 bridgehead atoms. The first kappa shape index (κ1) is 20.0. The predicted octanol–water partition coefficient (Wildman–Crippen LogP) is 3.33. The van der Waals surface area contributed by atoms with E-state index in [4.69, 9.17) is 4.74 Å². The molecule has 8 heteroatoms. The molecule has 0 aliphatic carbocycles. The zero-order valence-electron chi connectivity index (χ0n) is 15.7. The van der Waals surface area contributed by atoms with Crippen molar-refractivity contribution >= 4 is 21.4 Å². The molecule has 1 aromatic carbocycles. The van der Waals surface area contributed by atoms with E-state index in [1.165, 1.54) is 27.4 Å². The fourth-order valence-corrected chi connectivity index (χ4v) is 6.40. The summed E-state index contributed by atoms with van der Waals surface area (Å²) in [6, 6.07) is 9.46. The van der Waals surface area contributed by atoms with Gasteiger partial charge in [0.1, 0.15) is 5.82 Å². The van der Waals surface area contributed by atoms with Crippen LogP contribution in [-0.4, -0.2) is 56.0 Å². The topological polar surface area (TPSA) is 49.9 Å². The molecule has 0 amide bonds. The minimum atomic E-state index is -3.69. The highest BCUT2D eigenvalue weighted by Crippen LogP contribution is 2.33. The van der Waals surface area contributed by atoms with Gasteiger partial charge < -0.3 is 4.74 Å². The van der Waals surface area contributed by atoms with E-state index >= 15 is 0 Å². The molecule has 5 nitrogen and oxygen atoms in total. The molecule has 4 rings (SSSR count). The number of hydrogen-bond donors (Lipinski definition) is 0. The lowest BCUT2D eigenvalue weighted by atomic mass is 9.92. The summed E-state index contributed by atoms with van der Waals surface area (Å²) >= 11 is 1.76. The quantitative estimate of drug-likeness (QED) is 0.756. The van der Waals surface area contributed by atoms with E-state index in [1.54, 1.807) is 11.3 Å². The van der Waals surface area contributed by atoms with Crippen molar-refractivity contribution in [2.75, 3.05) is 32.8 Å². The number of nitrogens with zero attached hydrogens (tertiary/aromatic N) is 2. The summed E-state index contributed by atoms with van der Waals surface area (Å²) in [4.78, 5) is 3.76. The van der Waals surface area contributed by atoms with Gasteiger partial charge in [0.05, 0.1) is 17.1 Å². The maximum absolute atomic E-state index is 13.5. The first-order chi connectivity index (χ1) is 13.5. The SMILES string of the molecule is O=S(=O)(c1cccc(F)c1)N1CCCC2(CC1)CN(Cc1cccs1)CCO2. The lowest BCUT2D eigenvalue weighted by Crippen LogP contribution is -2.51. The monoisotopic (exact) mass is 424 g/mol. The second kappa shape index (κ2) is 8.20. The lowest BCUT2D eigenvalue weighted by Gasteiger charge is -2.42. The molecule has 152 valence electrons. The standard InChI is InChI=1S/C20H25FN2O3S2/c21-17-4-1-6-19(14-17)28(24,25)23-9-3-7-20(8-10-23)16-22(11-12-26-20)15-18-5-2-13-27-18/h1-2,4-6,13-14H,3,7-12,15-16H2. The van der Waals surface area contributed by atoms with Crippen LogP contribution in [0.25, 0.3) is 0 Å². The van der Waals surface area contributed by atoms with Crippen molar-refractivity contribution in [2.45, 2.75) is 36.3 Å². The molecular weight excluding hydrogens is 399 g/mol. The molecule has 28 heavy (non-hydrogen) atoms. The van der Waals surface area contributed by atoms with Crippen LogP contribution in [0.5, 0.6) is 0 Å². The van der Waals surface area contributed by atoms with Gasteiger partial charge in [0.25, 0.3) is 0 Å². The van der Waals surface area contributed by atoms with Crippen LogP contribution in [-0.2, 0) is 21.3 Å². The molecule has 1 atom stereocenters. The highest BCUT2D eigenvalue weighted by atomic mass is 32.2. The van der Waals surface area contributed by atoms with Crippen molar-refractivity contribution in [3.05, 3.63) is 52.5 Å². The van der Waals surface area contributed by atoms with Crippen LogP contribution in [0.4, 0.5) is 4.39 Å². The third-order valence-electron chi connectivity index (χ3n) is 5.58.